The fraction of sp³-hybridized carbons (Fsp3) is 0.240. The molecule has 3 nitrogen and oxygen atoms in total. The Kier molecular flexibility index (Phi) is 12.7. The quantitative estimate of drug-likeness (QED) is 0.343. The van der Waals surface area contributed by atoms with Gasteiger partial charge >= 0.3 is 17.1 Å². The molecule has 3 aromatic rings. The van der Waals surface area contributed by atoms with Gasteiger partial charge in [-0.2, -0.15) is 0 Å². The number of pyridine rings is 1. The fourth-order valence-electron chi connectivity index (χ4n) is 3.40. The van der Waals surface area contributed by atoms with Crippen molar-refractivity contribution in [2.45, 2.75) is 41.5 Å². The van der Waals surface area contributed by atoms with Crippen LogP contribution >= 0.6 is 15.9 Å². The number of hydrogen-bond acceptors (Lipinski definition) is 3. The SMILES string of the molecule is CC(=Nc1c(C)cc(C)cc1C)c1cccc(C(C)=Nc2c(C)cccc2Br)n1.[Cl-].[Cl-].[Fe+2]. The first-order valence-electron chi connectivity index (χ1n) is 9.67. The summed E-state index contributed by atoms with van der Waals surface area (Å²) in [6.07, 6.45) is 0. The van der Waals surface area contributed by atoms with E-state index in [9.17, 15) is 0 Å². The molecule has 3 rings (SSSR count). The van der Waals surface area contributed by atoms with Crippen molar-refractivity contribution in [3.8, 4) is 0 Å². The van der Waals surface area contributed by atoms with Gasteiger partial charge in [-0.05, 0) is 92.4 Å². The largest absolute Gasteiger partial charge is 2.00 e. The van der Waals surface area contributed by atoms with E-state index in [1.165, 1.54) is 16.7 Å². The molecule has 0 saturated heterocycles. The van der Waals surface area contributed by atoms with E-state index in [2.05, 4.69) is 61.8 Å². The van der Waals surface area contributed by atoms with Gasteiger partial charge in [0.15, 0.2) is 0 Å². The monoisotopic (exact) mass is 573 g/mol. The Morgan fingerprint density at radius 2 is 1.19 bits per heavy atom. The third-order valence-corrected chi connectivity index (χ3v) is 5.51. The van der Waals surface area contributed by atoms with Crippen LogP contribution in [0, 0.1) is 27.7 Å². The van der Waals surface area contributed by atoms with Crippen LogP contribution in [0.2, 0.25) is 0 Å². The fourth-order valence-corrected chi connectivity index (χ4v) is 3.96. The van der Waals surface area contributed by atoms with Crippen LogP contribution in [0.4, 0.5) is 11.4 Å². The average molecular weight is 575 g/mol. The van der Waals surface area contributed by atoms with Gasteiger partial charge < -0.3 is 24.8 Å². The second kappa shape index (κ2) is 13.3. The normalized spacial score (nSPS) is 11.2. The molecule has 0 atom stereocenters. The van der Waals surface area contributed by atoms with E-state index < -0.39 is 0 Å². The molecule has 0 bridgehead atoms. The number of aryl methyl sites for hydroxylation is 4. The second-order valence-electron chi connectivity index (χ2n) is 7.46. The van der Waals surface area contributed by atoms with Crippen molar-refractivity contribution in [1.82, 2.24) is 4.98 Å². The van der Waals surface area contributed by atoms with Gasteiger partial charge in [0.1, 0.15) is 0 Å². The molecule has 170 valence electrons. The Morgan fingerprint density at radius 3 is 1.69 bits per heavy atom. The van der Waals surface area contributed by atoms with Crippen molar-refractivity contribution in [2.24, 2.45) is 9.98 Å². The Balaban J connectivity index is 0.00000320. The smallest absolute Gasteiger partial charge is 1.00 e. The molecular formula is C25H26BrCl2FeN3. The first kappa shape index (κ1) is 30.5. The maximum atomic E-state index is 4.89. The number of para-hydroxylation sites is 1. The van der Waals surface area contributed by atoms with Crippen molar-refractivity contribution in [1.29, 1.82) is 0 Å². The Bertz CT molecular complexity index is 1100. The van der Waals surface area contributed by atoms with Crippen molar-refractivity contribution in [3.05, 3.63) is 86.6 Å². The summed E-state index contributed by atoms with van der Waals surface area (Å²) in [7, 11) is 0. The minimum atomic E-state index is 0. The number of rotatable bonds is 4. The molecule has 0 aliphatic heterocycles. The Morgan fingerprint density at radius 1 is 0.719 bits per heavy atom. The van der Waals surface area contributed by atoms with Crippen LogP contribution in [-0.2, 0) is 17.1 Å². The number of benzene rings is 2. The molecule has 0 unspecified atom stereocenters. The molecule has 0 N–H and O–H groups in total. The molecule has 1 heterocycles. The van der Waals surface area contributed by atoms with Crippen LogP contribution in [0.5, 0.6) is 0 Å². The topological polar surface area (TPSA) is 37.6 Å². The molecule has 0 fully saturated rings. The second-order valence-corrected chi connectivity index (χ2v) is 8.31. The van der Waals surface area contributed by atoms with Crippen LogP contribution in [0.3, 0.4) is 0 Å². The molecule has 0 spiro atoms. The van der Waals surface area contributed by atoms with Gasteiger partial charge in [-0.15, -0.1) is 0 Å². The van der Waals surface area contributed by atoms with Crippen molar-refractivity contribution in [2.75, 3.05) is 0 Å². The van der Waals surface area contributed by atoms with Crippen LogP contribution in [0.15, 0.2) is 63.0 Å². The Labute approximate surface area is 222 Å². The minimum Gasteiger partial charge on any atom is -1.00 e. The van der Waals surface area contributed by atoms with E-state index in [4.69, 9.17) is 15.0 Å². The molecule has 0 radical (unpaired) electrons. The van der Waals surface area contributed by atoms with Crippen molar-refractivity contribution >= 4 is 38.7 Å². The van der Waals surface area contributed by atoms with E-state index in [-0.39, 0.29) is 41.9 Å². The maximum Gasteiger partial charge on any atom is 2.00 e. The summed E-state index contributed by atoms with van der Waals surface area (Å²) in [5.74, 6) is 0. The molecule has 1 aromatic heterocycles. The first-order valence-corrected chi connectivity index (χ1v) is 10.5. The van der Waals surface area contributed by atoms with Gasteiger partial charge in [0.2, 0.25) is 0 Å². The summed E-state index contributed by atoms with van der Waals surface area (Å²) in [6.45, 7) is 12.4. The van der Waals surface area contributed by atoms with Crippen LogP contribution < -0.4 is 24.8 Å². The molecule has 0 saturated carbocycles. The van der Waals surface area contributed by atoms with E-state index in [1.54, 1.807) is 0 Å². The van der Waals surface area contributed by atoms with Crippen molar-refractivity contribution < 1.29 is 41.9 Å². The van der Waals surface area contributed by atoms with E-state index in [0.717, 1.165) is 44.2 Å². The van der Waals surface area contributed by atoms with Gasteiger partial charge in [-0.3, -0.25) is 9.98 Å². The van der Waals surface area contributed by atoms with Crippen LogP contribution in [-0.4, -0.2) is 16.4 Å². The molecule has 0 amide bonds. The summed E-state index contributed by atoms with van der Waals surface area (Å²) in [4.78, 5) is 14.5. The van der Waals surface area contributed by atoms with E-state index in [0.29, 0.717) is 0 Å². The molecule has 0 aliphatic carbocycles. The minimum absolute atomic E-state index is 0. The summed E-state index contributed by atoms with van der Waals surface area (Å²) < 4.78 is 0.982. The Hall–Kier alpha value is -1.49. The molecular weight excluding hydrogens is 549 g/mol. The number of hydrogen-bond donors (Lipinski definition) is 0. The van der Waals surface area contributed by atoms with E-state index >= 15 is 0 Å². The zero-order valence-electron chi connectivity index (χ0n) is 18.9. The predicted molar refractivity (Wildman–Crippen MR) is 128 cm³/mol. The van der Waals surface area contributed by atoms with Gasteiger partial charge in [0, 0.05) is 4.47 Å². The number of aliphatic imine (C=N–C) groups is 2. The van der Waals surface area contributed by atoms with Crippen LogP contribution in [0.25, 0.3) is 0 Å². The number of nitrogens with zero attached hydrogens (tertiary/aromatic N) is 3. The van der Waals surface area contributed by atoms with Gasteiger partial charge in [0.05, 0.1) is 34.2 Å². The van der Waals surface area contributed by atoms with Gasteiger partial charge in [-0.25, -0.2) is 4.98 Å². The summed E-state index contributed by atoms with van der Waals surface area (Å²) in [5, 5.41) is 0. The van der Waals surface area contributed by atoms with Crippen LogP contribution in [0.1, 0.15) is 47.5 Å². The van der Waals surface area contributed by atoms with Gasteiger partial charge in [0.25, 0.3) is 0 Å². The number of halogens is 3. The van der Waals surface area contributed by atoms with E-state index in [1.807, 2.05) is 44.2 Å². The zero-order valence-corrected chi connectivity index (χ0v) is 23.1. The molecule has 0 aliphatic rings. The molecule has 32 heavy (non-hydrogen) atoms. The summed E-state index contributed by atoms with van der Waals surface area (Å²) >= 11 is 3.59. The first-order chi connectivity index (χ1) is 13.8. The third kappa shape index (κ3) is 7.26. The molecule has 2 aromatic carbocycles. The summed E-state index contributed by atoms with van der Waals surface area (Å²) in [6, 6.07) is 16.4. The maximum absolute atomic E-state index is 4.89. The predicted octanol–water partition coefficient (Wildman–Crippen LogP) is 1.36. The standard InChI is InChI=1S/C25H26BrN3.2ClH.Fe/c1-15-13-17(3)24(18(4)14-15)27-19(5)22-11-8-12-23(29-22)20(6)28-25-16(2)9-7-10-21(25)26;;;/h7-14H,1-6H3;2*1H;/q;;;+2/p-2. The summed E-state index contributed by atoms with van der Waals surface area (Å²) in [5.41, 5.74) is 10.2. The molecule has 7 heteroatoms. The third-order valence-electron chi connectivity index (χ3n) is 4.87. The van der Waals surface area contributed by atoms with Crippen molar-refractivity contribution in [3.63, 3.8) is 0 Å². The average Bonchev–Trinajstić information content (AvgIpc) is 2.67. The number of aromatic nitrogens is 1. The zero-order chi connectivity index (χ0) is 21.1. The van der Waals surface area contributed by atoms with Gasteiger partial charge in [-0.1, -0.05) is 35.9 Å².